The number of carbonyl (C=O) groups is 2. The molecule has 0 bridgehead atoms. The highest BCUT2D eigenvalue weighted by Crippen LogP contribution is 2.29. The molecule has 0 aromatic rings. The van der Waals surface area contributed by atoms with Crippen molar-refractivity contribution in [2.75, 3.05) is 26.2 Å². The van der Waals surface area contributed by atoms with Crippen LogP contribution in [0.4, 0.5) is 0 Å². The first-order chi connectivity index (χ1) is 10.8. The van der Waals surface area contributed by atoms with Crippen molar-refractivity contribution in [2.24, 2.45) is 0 Å². The van der Waals surface area contributed by atoms with Crippen LogP contribution in [0.25, 0.3) is 0 Å². The first kappa shape index (κ1) is 15.6. The Morgan fingerprint density at radius 1 is 0.545 bits per heavy atom. The summed E-state index contributed by atoms with van der Waals surface area (Å²) in [6.45, 7) is 3.47. The SMILES string of the molecule is O=C(C1=C(C(=O)N2CCCCC2)CCCC1)N1CCCCC1. The molecule has 3 rings (SSSR count). The Balaban J connectivity index is 1.78. The second kappa shape index (κ2) is 7.30. The Bertz CT molecular complexity index is 416. The van der Waals surface area contributed by atoms with Crippen molar-refractivity contribution >= 4 is 11.8 Å². The summed E-state index contributed by atoms with van der Waals surface area (Å²) >= 11 is 0. The molecular formula is C18H28N2O2. The zero-order chi connectivity index (χ0) is 15.4. The van der Waals surface area contributed by atoms with Gasteiger partial charge in [-0.25, -0.2) is 0 Å². The average molecular weight is 304 g/mol. The third-order valence-electron chi connectivity index (χ3n) is 5.27. The maximum Gasteiger partial charge on any atom is 0.250 e. The Hall–Kier alpha value is -1.32. The second-order valence-electron chi connectivity index (χ2n) is 6.87. The van der Waals surface area contributed by atoms with E-state index in [0.29, 0.717) is 0 Å². The Labute approximate surface area is 133 Å². The fourth-order valence-corrected chi connectivity index (χ4v) is 3.95. The van der Waals surface area contributed by atoms with E-state index in [9.17, 15) is 9.59 Å². The first-order valence-electron chi connectivity index (χ1n) is 9.08. The summed E-state index contributed by atoms with van der Waals surface area (Å²) in [5, 5.41) is 0. The molecule has 22 heavy (non-hydrogen) atoms. The molecule has 0 aromatic carbocycles. The lowest BCUT2D eigenvalue weighted by molar-refractivity contribution is -0.131. The summed E-state index contributed by atoms with van der Waals surface area (Å²) in [6, 6.07) is 0. The third-order valence-corrected chi connectivity index (χ3v) is 5.27. The Morgan fingerprint density at radius 3 is 1.27 bits per heavy atom. The molecule has 2 amide bonds. The van der Waals surface area contributed by atoms with Gasteiger partial charge in [0.2, 0.25) is 11.8 Å². The minimum absolute atomic E-state index is 0.153. The Kier molecular flexibility index (Phi) is 5.16. The summed E-state index contributed by atoms with van der Waals surface area (Å²) in [5.41, 5.74) is 1.67. The lowest BCUT2D eigenvalue weighted by Crippen LogP contribution is -2.41. The molecule has 2 aliphatic heterocycles. The van der Waals surface area contributed by atoms with E-state index in [1.807, 2.05) is 9.80 Å². The van der Waals surface area contributed by atoms with Crippen LogP contribution in [0.5, 0.6) is 0 Å². The standard InChI is InChI=1S/C18H28N2O2/c21-17(19-11-5-1-6-12-19)15-9-3-4-10-16(15)18(22)20-13-7-2-8-14-20/h1-14H2. The van der Waals surface area contributed by atoms with Gasteiger partial charge in [-0.15, -0.1) is 0 Å². The van der Waals surface area contributed by atoms with Gasteiger partial charge in [-0.2, -0.15) is 0 Å². The third kappa shape index (κ3) is 3.36. The highest BCUT2D eigenvalue weighted by atomic mass is 16.2. The molecule has 4 nitrogen and oxygen atoms in total. The number of likely N-dealkylation sites (tertiary alicyclic amines) is 2. The molecule has 0 radical (unpaired) electrons. The number of carbonyl (C=O) groups excluding carboxylic acids is 2. The summed E-state index contributed by atoms with van der Waals surface area (Å²) in [7, 11) is 0. The van der Waals surface area contributed by atoms with Crippen LogP contribution in [0.2, 0.25) is 0 Å². The minimum Gasteiger partial charge on any atom is -0.339 e. The summed E-state index contributed by atoms with van der Waals surface area (Å²) < 4.78 is 0. The molecule has 0 saturated carbocycles. The lowest BCUT2D eigenvalue weighted by atomic mass is 9.89. The van der Waals surface area contributed by atoms with Crippen molar-refractivity contribution in [1.29, 1.82) is 0 Å². The molecule has 2 saturated heterocycles. The molecule has 0 unspecified atom stereocenters. The van der Waals surface area contributed by atoms with Crippen LogP contribution in [0.1, 0.15) is 64.2 Å². The van der Waals surface area contributed by atoms with Crippen LogP contribution in [-0.4, -0.2) is 47.8 Å². The van der Waals surface area contributed by atoms with Gasteiger partial charge in [0, 0.05) is 37.3 Å². The van der Waals surface area contributed by atoms with Gasteiger partial charge in [-0.1, -0.05) is 0 Å². The van der Waals surface area contributed by atoms with E-state index in [1.165, 1.54) is 12.8 Å². The average Bonchev–Trinajstić information content (AvgIpc) is 2.62. The van der Waals surface area contributed by atoms with Gasteiger partial charge in [-0.3, -0.25) is 9.59 Å². The highest BCUT2D eigenvalue weighted by Gasteiger charge is 2.30. The molecule has 1 aliphatic carbocycles. The maximum atomic E-state index is 12.8. The van der Waals surface area contributed by atoms with Gasteiger partial charge in [0.15, 0.2) is 0 Å². The number of amides is 2. The number of hydrogen-bond acceptors (Lipinski definition) is 2. The van der Waals surface area contributed by atoms with Crippen LogP contribution < -0.4 is 0 Å². The van der Waals surface area contributed by atoms with E-state index in [0.717, 1.165) is 88.7 Å². The number of nitrogens with zero attached hydrogens (tertiary/aromatic N) is 2. The maximum absolute atomic E-state index is 12.8. The van der Waals surface area contributed by atoms with E-state index >= 15 is 0 Å². The number of hydrogen-bond donors (Lipinski definition) is 0. The largest absolute Gasteiger partial charge is 0.339 e. The number of piperidine rings is 2. The zero-order valence-corrected chi connectivity index (χ0v) is 13.6. The van der Waals surface area contributed by atoms with Crippen molar-refractivity contribution < 1.29 is 9.59 Å². The molecular weight excluding hydrogens is 276 g/mol. The van der Waals surface area contributed by atoms with Gasteiger partial charge in [-0.05, 0) is 64.2 Å². The first-order valence-corrected chi connectivity index (χ1v) is 9.08. The summed E-state index contributed by atoms with van der Waals surface area (Å²) in [6.07, 6.45) is 10.6. The van der Waals surface area contributed by atoms with Gasteiger partial charge in [0.25, 0.3) is 0 Å². The van der Waals surface area contributed by atoms with Crippen molar-refractivity contribution in [3.63, 3.8) is 0 Å². The molecule has 122 valence electrons. The summed E-state index contributed by atoms with van der Waals surface area (Å²) in [5.74, 6) is 0.305. The van der Waals surface area contributed by atoms with Crippen LogP contribution in [0, 0.1) is 0 Å². The van der Waals surface area contributed by atoms with Gasteiger partial charge in [0.05, 0.1) is 0 Å². The molecule has 2 fully saturated rings. The molecule has 3 aliphatic rings. The normalized spacial score (nSPS) is 23.6. The molecule has 0 atom stereocenters. The number of rotatable bonds is 2. The zero-order valence-electron chi connectivity index (χ0n) is 13.6. The van der Waals surface area contributed by atoms with Crippen molar-refractivity contribution in [3.8, 4) is 0 Å². The predicted octanol–water partition coefficient (Wildman–Crippen LogP) is 2.88. The quantitative estimate of drug-likeness (QED) is 0.787. The van der Waals surface area contributed by atoms with Crippen LogP contribution >= 0.6 is 0 Å². The smallest absolute Gasteiger partial charge is 0.250 e. The predicted molar refractivity (Wildman–Crippen MR) is 86.4 cm³/mol. The van der Waals surface area contributed by atoms with E-state index in [-0.39, 0.29) is 11.8 Å². The van der Waals surface area contributed by atoms with E-state index in [2.05, 4.69) is 0 Å². The monoisotopic (exact) mass is 304 g/mol. The van der Waals surface area contributed by atoms with Gasteiger partial charge < -0.3 is 9.80 Å². The van der Waals surface area contributed by atoms with E-state index in [1.54, 1.807) is 0 Å². The fraction of sp³-hybridized carbons (Fsp3) is 0.778. The van der Waals surface area contributed by atoms with Gasteiger partial charge in [0.1, 0.15) is 0 Å². The second-order valence-corrected chi connectivity index (χ2v) is 6.87. The minimum atomic E-state index is 0.153. The molecule has 0 spiro atoms. The van der Waals surface area contributed by atoms with Crippen molar-refractivity contribution in [3.05, 3.63) is 11.1 Å². The van der Waals surface area contributed by atoms with Gasteiger partial charge >= 0.3 is 0 Å². The van der Waals surface area contributed by atoms with Crippen molar-refractivity contribution in [1.82, 2.24) is 9.80 Å². The molecule has 0 N–H and O–H groups in total. The van der Waals surface area contributed by atoms with Crippen LogP contribution in [0.15, 0.2) is 11.1 Å². The molecule has 4 heteroatoms. The molecule has 0 aromatic heterocycles. The molecule has 2 heterocycles. The van der Waals surface area contributed by atoms with E-state index < -0.39 is 0 Å². The lowest BCUT2D eigenvalue weighted by Gasteiger charge is -2.32. The van der Waals surface area contributed by atoms with Crippen LogP contribution in [0.3, 0.4) is 0 Å². The highest BCUT2D eigenvalue weighted by molar-refractivity contribution is 6.05. The Morgan fingerprint density at radius 2 is 0.909 bits per heavy atom. The topological polar surface area (TPSA) is 40.6 Å². The summed E-state index contributed by atoms with van der Waals surface area (Å²) in [4.78, 5) is 29.7. The van der Waals surface area contributed by atoms with Crippen LogP contribution in [-0.2, 0) is 9.59 Å². The fourth-order valence-electron chi connectivity index (χ4n) is 3.95. The van der Waals surface area contributed by atoms with Crippen molar-refractivity contribution in [2.45, 2.75) is 64.2 Å². The van der Waals surface area contributed by atoms with E-state index in [4.69, 9.17) is 0 Å².